The zero-order chi connectivity index (χ0) is 6.62. The number of hydrogen-bond donors (Lipinski definition) is 0. The second-order valence-corrected chi connectivity index (χ2v) is 2.85. The first kappa shape index (κ1) is 7.85. The Hall–Kier alpha value is -0.150. The molecule has 0 unspecified atom stereocenters. The lowest BCUT2D eigenvalue weighted by molar-refractivity contribution is 0.488. The quantitative estimate of drug-likeness (QED) is 0.398. The molecule has 46 valence electrons. The number of alkyl halides is 1. The van der Waals surface area contributed by atoms with E-state index in [1.54, 1.807) is 0 Å². The number of rotatable bonds is 2. The van der Waals surface area contributed by atoms with E-state index in [0.29, 0.717) is 5.88 Å². The van der Waals surface area contributed by atoms with Crippen LogP contribution in [0.3, 0.4) is 0 Å². The molecule has 0 nitrogen and oxygen atoms in total. The molecule has 0 aromatic rings. The fraction of sp³-hybridized carbons (Fsp3) is 0.714. The van der Waals surface area contributed by atoms with Gasteiger partial charge in [-0.3, -0.25) is 0 Å². The first-order valence-corrected chi connectivity index (χ1v) is 3.19. The molecular formula is C7H11Cl. The molecule has 0 fully saturated rings. The maximum atomic E-state index is 5.47. The lowest BCUT2D eigenvalue weighted by Crippen LogP contribution is -2.07. The SMILES string of the molecule is C#CC(C)(C)CCCl. The van der Waals surface area contributed by atoms with Crippen molar-refractivity contribution in [1.29, 1.82) is 0 Å². The first-order valence-electron chi connectivity index (χ1n) is 2.66. The van der Waals surface area contributed by atoms with Crippen molar-refractivity contribution in [3.8, 4) is 12.3 Å². The third-order valence-electron chi connectivity index (χ3n) is 1.11. The van der Waals surface area contributed by atoms with Gasteiger partial charge in [0, 0.05) is 11.3 Å². The van der Waals surface area contributed by atoms with Crippen molar-refractivity contribution in [2.75, 3.05) is 5.88 Å². The summed E-state index contributed by atoms with van der Waals surface area (Å²) in [5, 5.41) is 0. The highest BCUT2D eigenvalue weighted by molar-refractivity contribution is 6.17. The molecule has 0 aliphatic heterocycles. The van der Waals surface area contributed by atoms with Crippen LogP contribution in [0.5, 0.6) is 0 Å². The van der Waals surface area contributed by atoms with Gasteiger partial charge in [-0.1, -0.05) is 0 Å². The van der Waals surface area contributed by atoms with Crippen molar-refractivity contribution in [2.24, 2.45) is 5.41 Å². The number of terminal acetylenes is 1. The Morgan fingerprint density at radius 1 is 1.62 bits per heavy atom. The predicted octanol–water partition coefficient (Wildman–Crippen LogP) is 2.27. The Bertz CT molecular complexity index is 97.4. The summed E-state index contributed by atoms with van der Waals surface area (Å²) >= 11 is 5.47. The molecule has 0 rings (SSSR count). The van der Waals surface area contributed by atoms with Crippen molar-refractivity contribution in [2.45, 2.75) is 20.3 Å². The van der Waals surface area contributed by atoms with E-state index < -0.39 is 0 Å². The summed E-state index contributed by atoms with van der Waals surface area (Å²) < 4.78 is 0. The molecule has 0 aromatic heterocycles. The summed E-state index contributed by atoms with van der Waals surface area (Å²) in [5.74, 6) is 3.31. The number of hydrogen-bond acceptors (Lipinski definition) is 0. The van der Waals surface area contributed by atoms with E-state index in [1.807, 2.05) is 13.8 Å². The van der Waals surface area contributed by atoms with Crippen molar-refractivity contribution >= 4 is 11.6 Å². The molecule has 0 aliphatic rings. The molecule has 0 bridgehead atoms. The molecule has 0 radical (unpaired) electrons. The molecule has 8 heavy (non-hydrogen) atoms. The van der Waals surface area contributed by atoms with Crippen LogP contribution in [0.1, 0.15) is 20.3 Å². The second kappa shape index (κ2) is 2.99. The summed E-state index contributed by atoms with van der Waals surface area (Å²) in [7, 11) is 0. The van der Waals surface area contributed by atoms with Gasteiger partial charge in [-0.2, -0.15) is 0 Å². The summed E-state index contributed by atoms with van der Waals surface area (Å²) in [6.45, 7) is 4.02. The van der Waals surface area contributed by atoms with Crippen molar-refractivity contribution in [1.82, 2.24) is 0 Å². The highest BCUT2D eigenvalue weighted by Gasteiger charge is 2.11. The van der Waals surface area contributed by atoms with Gasteiger partial charge in [-0.25, -0.2) is 0 Å². The topological polar surface area (TPSA) is 0 Å². The predicted molar refractivity (Wildman–Crippen MR) is 38.0 cm³/mol. The van der Waals surface area contributed by atoms with Crippen LogP contribution in [0.4, 0.5) is 0 Å². The summed E-state index contributed by atoms with van der Waals surface area (Å²) in [6.07, 6.45) is 6.08. The third kappa shape index (κ3) is 2.93. The van der Waals surface area contributed by atoms with E-state index in [1.165, 1.54) is 0 Å². The summed E-state index contributed by atoms with van der Waals surface area (Å²) in [4.78, 5) is 0. The normalized spacial score (nSPS) is 10.8. The molecule has 1 heteroatoms. The van der Waals surface area contributed by atoms with Crippen LogP contribution in [0.2, 0.25) is 0 Å². The smallest absolute Gasteiger partial charge is 0.0267 e. The maximum Gasteiger partial charge on any atom is 0.0267 e. The molecule has 0 saturated heterocycles. The molecule has 0 atom stereocenters. The van der Waals surface area contributed by atoms with Gasteiger partial charge in [0.1, 0.15) is 0 Å². The summed E-state index contributed by atoms with van der Waals surface area (Å²) in [5.41, 5.74) is -0.0122. The zero-order valence-electron chi connectivity index (χ0n) is 5.37. The van der Waals surface area contributed by atoms with Crippen LogP contribution in [-0.2, 0) is 0 Å². The molecule has 0 heterocycles. The fourth-order valence-electron chi connectivity index (χ4n) is 0.308. The van der Waals surface area contributed by atoms with Crippen molar-refractivity contribution in [3.63, 3.8) is 0 Å². The fourth-order valence-corrected chi connectivity index (χ4v) is 0.781. The van der Waals surface area contributed by atoms with Crippen molar-refractivity contribution in [3.05, 3.63) is 0 Å². The Balaban J connectivity index is 3.59. The Kier molecular flexibility index (Phi) is 2.94. The third-order valence-corrected chi connectivity index (χ3v) is 1.30. The Labute approximate surface area is 56.2 Å². The van der Waals surface area contributed by atoms with Gasteiger partial charge in [0.25, 0.3) is 0 Å². The van der Waals surface area contributed by atoms with Crippen LogP contribution in [0, 0.1) is 17.8 Å². The van der Waals surface area contributed by atoms with Crippen LogP contribution >= 0.6 is 11.6 Å². The van der Waals surface area contributed by atoms with Gasteiger partial charge in [-0.05, 0) is 20.3 Å². The molecule has 0 N–H and O–H groups in total. The minimum atomic E-state index is -0.0122. The van der Waals surface area contributed by atoms with Gasteiger partial charge in [0.2, 0.25) is 0 Å². The summed E-state index contributed by atoms with van der Waals surface area (Å²) in [6, 6.07) is 0. The lowest BCUT2D eigenvalue weighted by atomic mass is 9.92. The maximum absolute atomic E-state index is 5.47. The van der Waals surface area contributed by atoms with Gasteiger partial charge in [0.05, 0.1) is 0 Å². The highest BCUT2D eigenvalue weighted by atomic mass is 35.5. The lowest BCUT2D eigenvalue weighted by Gasteiger charge is -2.13. The van der Waals surface area contributed by atoms with Crippen LogP contribution in [0.25, 0.3) is 0 Å². The van der Waals surface area contributed by atoms with Gasteiger partial charge < -0.3 is 0 Å². The van der Waals surface area contributed by atoms with E-state index in [2.05, 4.69) is 5.92 Å². The number of halogens is 1. The average Bonchev–Trinajstić information content (AvgIpc) is 1.67. The molecule has 0 amide bonds. The first-order chi connectivity index (χ1) is 3.62. The van der Waals surface area contributed by atoms with Crippen LogP contribution < -0.4 is 0 Å². The van der Waals surface area contributed by atoms with E-state index in [9.17, 15) is 0 Å². The van der Waals surface area contributed by atoms with E-state index >= 15 is 0 Å². The highest BCUT2D eigenvalue weighted by Crippen LogP contribution is 2.18. The van der Waals surface area contributed by atoms with Crippen molar-refractivity contribution < 1.29 is 0 Å². The van der Waals surface area contributed by atoms with E-state index in [-0.39, 0.29) is 5.41 Å². The van der Waals surface area contributed by atoms with Crippen LogP contribution in [0.15, 0.2) is 0 Å². The van der Waals surface area contributed by atoms with Gasteiger partial charge in [-0.15, -0.1) is 23.9 Å². The minimum Gasteiger partial charge on any atom is -0.127 e. The molecule has 0 saturated carbocycles. The molecular weight excluding hydrogens is 120 g/mol. The monoisotopic (exact) mass is 130 g/mol. The van der Waals surface area contributed by atoms with Gasteiger partial charge in [0.15, 0.2) is 0 Å². The standard InChI is InChI=1S/C7H11Cl/c1-4-7(2,3)5-6-8/h1H,5-6H2,2-3H3. The minimum absolute atomic E-state index is 0.0122. The second-order valence-electron chi connectivity index (χ2n) is 2.47. The Morgan fingerprint density at radius 3 is 2.25 bits per heavy atom. The largest absolute Gasteiger partial charge is 0.127 e. The average molecular weight is 131 g/mol. The molecule has 0 aliphatic carbocycles. The van der Waals surface area contributed by atoms with E-state index in [4.69, 9.17) is 18.0 Å². The Morgan fingerprint density at radius 2 is 2.12 bits per heavy atom. The van der Waals surface area contributed by atoms with Crippen LogP contribution in [-0.4, -0.2) is 5.88 Å². The van der Waals surface area contributed by atoms with Gasteiger partial charge >= 0.3 is 0 Å². The molecule has 0 spiro atoms. The zero-order valence-corrected chi connectivity index (χ0v) is 6.13. The molecule has 0 aromatic carbocycles. The van der Waals surface area contributed by atoms with E-state index in [0.717, 1.165) is 6.42 Å².